The minimum atomic E-state index is -0.547. The van der Waals surface area contributed by atoms with E-state index < -0.39 is 11.2 Å². The number of fused-ring (bicyclic) bond motifs is 1. The van der Waals surface area contributed by atoms with E-state index in [9.17, 15) is 9.59 Å². The van der Waals surface area contributed by atoms with Crippen molar-refractivity contribution in [2.45, 2.75) is 65.7 Å². The van der Waals surface area contributed by atoms with E-state index in [1.54, 1.807) is 4.90 Å². The van der Waals surface area contributed by atoms with Gasteiger partial charge in [0.2, 0.25) is 0 Å². The van der Waals surface area contributed by atoms with Crippen molar-refractivity contribution in [2.75, 3.05) is 18.5 Å². The Morgan fingerprint density at radius 1 is 1.20 bits per heavy atom. The molecule has 25 heavy (non-hydrogen) atoms. The van der Waals surface area contributed by atoms with E-state index in [4.69, 9.17) is 9.47 Å². The van der Waals surface area contributed by atoms with Crippen molar-refractivity contribution < 1.29 is 19.1 Å². The maximum absolute atomic E-state index is 12.3. The molecule has 1 aliphatic heterocycles. The predicted molar refractivity (Wildman–Crippen MR) is 93.3 cm³/mol. The smallest absolute Gasteiger partial charge is 0.410 e. The highest BCUT2D eigenvalue weighted by molar-refractivity contribution is 5.91. The van der Waals surface area contributed by atoms with Crippen LogP contribution in [0.2, 0.25) is 0 Å². The van der Waals surface area contributed by atoms with Crippen LogP contribution in [-0.4, -0.2) is 51.5 Å². The number of carbonyl (C=O) groups excluding carboxylic acids is 2. The molecule has 0 spiro atoms. The number of amides is 2. The van der Waals surface area contributed by atoms with Crippen LogP contribution in [0, 0.1) is 0 Å². The zero-order valence-corrected chi connectivity index (χ0v) is 15.9. The van der Waals surface area contributed by atoms with Gasteiger partial charge >= 0.3 is 6.09 Å². The zero-order chi connectivity index (χ0) is 18.8. The predicted octanol–water partition coefficient (Wildman–Crippen LogP) is 2.46. The highest BCUT2D eigenvalue weighted by atomic mass is 16.6. The van der Waals surface area contributed by atoms with Gasteiger partial charge in [0.1, 0.15) is 12.2 Å². The summed E-state index contributed by atoms with van der Waals surface area (Å²) in [5.74, 6) is 0.157. The molecule has 0 atom stereocenters. The van der Waals surface area contributed by atoms with Crippen LogP contribution in [0.4, 0.5) is 10.6 Å². The van der Waals surface area contributed by atoms with Crippen LogP contribution in [0.3, 0.4) is 0 Å². The van der Waals surface area contributed by atoms with E-state index in [-0.39, 0.29) is 18.6 Å². The monoisotopic (exact) mass is 352 g/mol. The lowest BCUT2D eigenvalue weighted by molar-refractivity contribution is -0.125. The summed E-state index contributed by atoms with van der Waals surface area (Å²) in [4.78, 5) is 25.9. The van der Waals surface area contributed by atoms with Crippen LogP contribution in [0.5, 0.6) is 0 Å². The molecule has 0 bridgehead atoms. The Balaban J connectivity index is 2.01. The Kier molecular flexibility index (Phi) is 5.41. The number of aromatic nitrogens is 2. The van der Waals surface area contributed by atoms with E-state index in [0.717, 1.165) is 11.3 Å². The van der Waals surface area contributed by atoms with Gasteiger partial charge in [0.15, 0.2) is 5.82 Å². The summed E-state index contributed by atoms with van der Waals surface area (Å²) in [6, 6.07) is 0. The maximum Gasteiger partial charge on any atom is 0.410 e. The molecule has 1 aromatic heterocycles. The van der Waals surface area contributed by atoms with E-state index >= 15 is 0 Å². The van der Waals surface area contributed by atoms with Gasteiger partial charge in [0, 0.05) is 24.2 Å². The second kappa shape index (κ2) is 7.03. The molecule has 0 saturated carbocycles. The van der Waals surface area contributed by atoms with Crippen molar-refractivity contribution >= 4 is 17.8 Å². The van der Waals surface area contributed by atoms with Crippen LogP contribution >= 0.6 is 0 Å². The van der Waals surface area contributed by atoms with Gasteiger partial charge in [-0.3, -0.25) is 9.89 Å². The lowest BCUT2D eigenvalue weighted by Crippen LogP contribution is -2.40. The maximum atomic E-state index is 12.3. The largest absolute Gasteiger partial charge is 0.444 e. The fraction of sp³-hybridized carbons (Fsp3) is 0.706. The molecule has 0 aliphatic carbocycles. The molecule has 1 aromatic rings. The van der Waals surface area contributed by atoms with Crippen LogP contribution in [0.1, 0.15) is 52.8 Å². The fourth-order valence-corrected chi connectivity index (χ4v) is 2.33. The van der Waals surface area contributed by atoms with Crippen LogP contribution in [-0.2, 0) is 27.2 Å². The van der Waals surface area contributed by atoms with Crippen molar-refractivity contribution in [1.29, 1.82) is 0 Å². The van der Waals surface area contributed by atoms with Gasteiger partial charge in [-0.15, -0.1) is 0 Å². The molecule has 0 fully saturated rings. The van der Waals surface area contributed by atoms with Crippen molar-refractivity contribution in [1.82, 2.24) is 15.1 Å². The SMILES string of the molecule is CC(C)(C)OCC(=O)Nc1n[nH]c2c1CN(C(=O)OC(C)(C)C)CC2. The van der Waals surface area contributed by atoms with Crippen LogP contribution < -0.4 is 5.32 Å². The first-order chi connectivity index (χ1) is 11.4. The summed E-state index contributed by atoms with van der Waals surface area (Å²) >= 11 is 0. The molecule has 2 N–H and O–H groups in total. The third-order valence-corrected chi connectivity index (χ3v) is 3.48. The summed E-state index contributed by atoms with van der Waals surface area (Å²) in [6.07, 6.45) is 0.267. The van der Waals surface area contributed by atoms with E-state index in [0.29, 0.717) is 25.3 Å². The molecule has 1 aliphatic rings. The Labute approximate surface area is 148 Å². The molecule has 140 valence electrons. The number of nitrogens with zero attached hydrogens (tertiary/aromatic N) is 2. The van der Waals surface area contributed by atoms with Gasteiger partial charge < -0.3 is 19.7 Å². The number of anilines is 1. The van der Waals surface area contributed by atoms with E-state index in [2.05, 4.69) is 15.5 Å². The molecule has 2 amide bonds. The second-order valence-corrected chi connectivity index (χ2v) is 8.13. The number of hydrogen-bond donors (Lipinski definition) is 2. The molecule has 8 heteroatoms. The third-order valence-electron chi connectivity index (χ3n) is 3.48. The first-order valence-corrected chi connectivity index (χ1v) is 8.42. The zero-order valence-electron chi connectivity index (χ0n) is 15.9. The van der Waals surface area contributed by atoms with Gasteiger partial charge in [0.25, 0.3) is 5.91 Å². The average Bonchev–Trinajstić information content (AvgIpc) is 2.85. The molecule has 2 heterocycles. The molecule has 0 radical (unpaired) electrons. The van der Waals surface area contributed by atoms with Gasteiger partial charge in [-0.25, -0.2) is 4.79 Å². The summed E-state index contributed by atoms with van der Waals surface area (Å²) in [5.41, 5.74) is 0.790. The van der Waals surface area contributed by atoms with Crippen molar-refractivity contribution in [3.8, 4) is 0 Å². The van der Waals surface area contributed by atoms with Crippen molar-refractivity contribution in [2.24, 2.45) is 0 Å². The van der Waals surface area contributed by atoms with Gasteiger partial charge in [-0.2, -0.15) is 5.10 Å². The summed E-state index contributed by atoms with van der Waals surface area (Å²) < 4.78 is 10.9. The number of H-pyrrole nitrogens is 1. The van der Waals surface area contributed by atoms with E-state index in [1.165, 1.54) is 0 Å². The van der Waals surface area contributed by atoms with Gasteiger partial charge in [0.05, 0.1) is 12.1 Å². The molecule has 8 nitrogen and oxygen atoms in total. The first-order valence-electron chi connectivity index (χ1n) is 8.42. The highest BCUT2D eigenvalue weighted by Gasteiger charge is 2.29. The Morgan fingerprint density at radius 3 is 2.48 bits per heavy atom. The molecular formula is C17H28N4O4. The number of rotatable bonds is 3. The number of nitrogens with one attached hydrogen (secondary N) is 2. The number of hydrogen-bond acceptors (Lipinski definition) is 5. The summed E-state index contributed by atoms with van der Waals surface area (Å²) in [6.45, 7) is 12.0. The van der Waals surface area contributed by atoms with E-state index in [1.807, 2.05) is 41.5 Å². The topological polar surface area (TPSA) is 96.5 Å². The quantitative estimate of drug-likeness (QED) is 0.871. The lowest BCUT2D eigenvalue weighted by atomic mass is 10.1. The van der Waals surface area contributed by atoms with Gasteiger partial charge in [-0.05, 0) is 41.5 Å². The minimum absolute atomic E-state index is 0.0546. The summed E-state index contributed by atoms with van der Waals surface area (Å²) in [5, 5.41) is 9.83. The summed E-state index contributed by atoms with van der Waals surface area (Å²) in [7, 11) is 0. The average molecular weight is 352 g/mol. The number of carbonyl (C=O) groups is 2. The lowest BCUT2D eigenvalue weighted by Gasteiger charge is -2.30. The van der Waals surface area contributed by atoms with Crippen molar-refractivity contribution in [3.05, 3.63) is 11.3 Å². The van der Waals surface area contributed by atoms with Crippen LogP contribution in [0.15, 0.2) is 0 Å². The molecule has 0 saturated heterocycles. The molecule has 0 aromatic carbocycles. The highest BCUT2D eigenvalue weighted by Crippen LogP contribution is 2.25. The second-order valence-electron chi connectivity index (χ2n) is 8.13. The van der Waals surface area contributed by atoms with Crippen LogP contribution in [0.25, 0.3) is 0 Å². The molecule has 2 rings (SSSR count). The third kappa shape index (κ3) is 5.74. The minimum Gasteiger partial charge on any atom is -0.444 e. The Morgan fingerprint density at radius 2 is 1.88 bits per heavy atom. The standard InChI is InChI=1S/C17H28N4O4/c1-16(2,3)24-10-13(22)18-14-11-9-21(8-7-12(11)19-20-14)15(23)25-17(4,5)6/h7-10H2,1-6H3,(H2,18,19,20,22). The first kappa shape index (κ1) is 19.2. The molecular weight excluding hydrogens is 324 g/mol. The fourth-order valence-electron chi connectivity index (χ4n) is 2.33. The Bertz CT molecular complexity index is 640. The normalized spacial score (nSPS) is 14.9. The Hall–Kier alpha value is -2.09. The van der Waals surface area contributed by atoms with Gasteiger partial charge in [-0.1, -0.05) is 0 Å². The van der Waals surface area contributed by atoms with Crippen molar-refractivity contribution in [3.63, 3.8) is 0 Å². The molecule has 0 unspecified atom stereocenters. The number of aromatic amines is 1. The number of ether oxygens (including phenoxy) is 2.